The Labute approximate surface area is 118 Å². The van der Waals surface area contributed by atoms with Crippen LogP contribution in [-0.2, 0) is 0 Å². The molecule has 0 aliphatic heterocycles. The van der Waals surface area contributed by atoms with Gasteiger partial charge in [0.15, 0.2) is 0 Å². The van der Waals surface area contributed by atoms with Crippen molar-refractivity contribution in [3.63, 3.8) is 0 Å². The van der Waals surface area contributed by atoms with Crippen LogP contribution in [0, 0.1) is 6.92 Å². The number of pyridine rings is 1. The van der Waals surface area contributed by atoms with Crippen LogP contribution in [0.15, 0.2) is 66.7 Å². The molecule has 3 rings (SSSR count). The first-order valence-electron chi connectivity index (χ1n) is 6.56. The second kappa shape index (κ2) is 5.17. The lowest BCUT2D eigenvalue weighted by atomic mass is 10.1. The van der Waals surface area contributed by atoms with E-state index in [4.69, 9.17) is 0 Å². The molecule has 98 valence electrons. The highest BCUT2D eigenvalue weighted by Gasteiger charge is 2.08. The van der Waals surface area contributed by atoms with Crippen LogP contribution < -0.4 is 0 Å². The minimum atomic E-state index is 0.202. The van der Waals surface area contributed by atoms with Gasteiger partial charge in [-0.3, -0.25) is 0 Å². The van der Waals surface area contributed by atoms with Crippen LogP contribution in [0.4, 0.5) is 0 Å². The summed E-state index contributed by atoms with van der Waals surface area (Å²) in [5.41, 5.74) is 4.63. The molecule has 2 aromatic carbocycles. The number of aromatic nitrogens is 1. The summed E-state index contributed by atoms with van der Waals surface area (Å²) in [5.74, 6) is 0.202. The zero-order valence-electron chi connectivity index (χ0n) is 11.2. The predicted molar refractivity (Wildman–Crippen MR) is 81.5 cm³/mol. The van der Waals surface area contributed by atoms with Crippen LogP contribution in [0.1, 0.15) is 5.56 Å². The lowest BCUT2D eigenvalue weighted by Crippen LogP contribution is -1.89. The summed E-state index contributed by atoms with van der Waals surface area (Å²) in [5, 5.41) is 10.0. The van der Waals surface area contributed by atoms with E-state index in [-0.39, 0.29) is 5.75 Å². The molecule has 1 aromatic heterocycles. The maximum absolute atomic E-state index is 10.0. The van der Waals surface area contributed by atoms with Gasteiger partial charge in [-0.2, -0.15) is 0 Å². The molecule has 0 amide bonds. The zero-order valence-corrected chi connectivity index (χ0v) is 11.2. The molecular weight excluding hydrogens is 246 g/mol. The van der Waals surface area contributed by atoms with Gasteiger partial charge in [0.05, 0.1) is 5.69 Å². The smallest absolute Gasteiger partial charge is 0.141 e. The maximum Gasteiger partial charge on any atom is 0.141 e. The predicted octanol–water partition coefficient (Wildman–Crippen LogP) is 4.43. The fourth-order valence-electron chi connectivity index (χ4n) is 2.15. The van der Waals surface area contributed by atoms with Crippen LogP contribution in [0.2, 0.25) is 0 Å². The molecule has 20 heavy (non-hydrogen) atoms. The summed E-state index contributed by atoms with van der Waals surface area (Å²) in [6.45, 7) is 2.04. The van der Waals surface area contributed by atoms with Gasteiger partial charge in [-0.05, 0) is 19.1 Å². The summed E-state index contributed by atoms with van der Waals surface area (Å²) < 4.78 is 0. The number of nitrogens with zero attached hydrogens (tertiary/aromatic N) is 1. The van der Waals surface area contributed by atoms with E-state index in [9.17, 15) is 5.11 Å². The highest BCUT2D eigenvalue weighted by Crippen LogP contribution is 2.30. The van der Waals surface area contributed by atoms with E-state index < -0.39 is 0 Å². The van der Waals surface area contributed by atoms with E-state index in [2.05, 4.69) is 4.98 Å². The van der Waals surface area contributed by atoms with Crippen molar-refractivity contribution in [2.45, 2.75) is 6.92 Å². The van der Waals surface area contributed by atoms with Crippen molar-refractivity contribution in [1.82, 2.24) is 4.98 Å². The molecule has 1 N–H and O–H groups in total. The molecule has 0 saturated heterocycles. The minimum absolute atomic E-state index is 0.202. The Morgan fingerprint density at radius 1 is 0.750 bits per heavy atom. The third kappa shape index (κ3) is 2.41. The van der Waals surface area contributed by atoms with E-state index in [0.29, 0.717) is 5.69 Å². The average Bonchev–Trinajstić information content (AvgIpc) is 2.50. The topological polar surface area (TPSA) is 33.1 Å². The molecule has 3 aromatic rings. The molecule has 0 radical (unpaired) electrons. The maximum atomic E-state index is 10.0. The molecule has 0 atom stereocenters. The van der Waals surface area contributed by atoms with Crippen LogP contribution in [0.5, 0.6) is 5.75 Å². The number of rotatable bonds is 2. The van der Waals surface area contributed by atoms with Crippen LogP contribution in [0.25, 0.3) is 22.5 Å². The van der Waals surface area contributed by atoms with Crippen molar-refractivity contribution < 1.29 is 5.11 Å². The first kappa shape index (κ1) is 12.4. The summed E-state index contributed by atoms with van der Waals surface area (Å²) >= 11 is 0. The number of hydrogen-bond acceptors (Lipinski definition) is 2. The molecule has 1 heterocycles. The highest BCUT2D eigenvalue weighted by molar-refractivity contribution is 5.70. The van der Waals surface area contributed by atoms with Gasteiger partial charge in [-0.1, -0.05) is 60.2 Å². The van der Waals surface area contributed by atoms with Gasteiger partial charge < -0.3 is 5.11 Å². The fraction of sp³-hybridized carbons (Fsp3) is 0.0556. The Balaban J connectivity index is 2.10. The fourth-order valence-corrected chi connectivity index (χ4v) is 2.15. The van der Waals surface area contributed by atoms with Crippen molar-refractivity contribution in [3.8, 4) is 28.3 Å². The second-order valence-corrected chi connectivity index (χ2v) is 4.80. The van der Waals surface area contributed by atoms with Gasteiger partial charge >= 0.3 is 0 Å². The number of aryl methyl sites for hydroxylation is 1. The van der Waals surface area contributed by atoms with E-state index in [1.807, 2.05) is 67.6 Å². The Morgan fingerprint density at radius 3 is 2.15 bits per heavy atom. The third-order valence-electron chi connectivity index (χ3n) is 3.27. The Bertz CT molecular complexity index is 718. The van der Waals surface area contributed by atoms with Gasteiger partial charge in [-0.25, -0.2) is 4.98 Å². The standard InChI is InChI=1S/C18H15NO/c1-13-7-9-15(10-8-13)18-17(20)12-11-16(19-18)14-5-3-2-4-6-14/h2-12,20H,1H3. The van der Waals surface area contributed by atoms with Crippen molar-refractivity contribution in [2.75, 3.05) is 0 Å². The Hall–Kier alpha value is -2.61. The van der Waals surface area contributed by atoms with Gasteiger partial charge in [0.25, 0.3) is 0 Å². The number of aromatic hydroxyl groups is 1. The van der Waals surface area contributed by atoms with Crippen molar-refractivity contribution in [2.24, 2.45) is 0 Å². The molecule has 2 heteroatoms. The summed E-state index contributed by atoms with van der Waals surface area (Å²) in [4.78, 5) is 4.59. The van der Waals surface area contributed by atoms with Gasteiger partial charge in [0.2, 0.25) is 0 Å². The summed E-state index contributed by atoms with van der Waals surface area (Å²) in [7, 11) is 0. The normalized spacial score (nSPS) is 10.4. The molecule has 0 saturated carbocycles. The number of benzene rings is 2. The van der Waals surface area contributed by atoms with Gasteiger partial charge in [-0.15, -0.1) is 0 Å². The molecule has 0 aliphatic carbocycles. The van der Waals surface area contributed by atoms with E-state index in [1.165, 1.54) is 5.56 Å². The number of hydrogen-bond donors (Lipinski definition) is 1. The molecule has 2 nitrogen and oxygen atoms in total. The lowest BCUT2D eigenvalue weighted by Gasteiger charge is -2.07. The molecule has 0 aliphatic rings. The molecule has 0 spiro atoms. The van der Waals surface area contributed by atoms with Gasteiger partial charge in [0, 0.05) is 11.1 Å². The quantitative estimate of drug-likeness (QED) is 0.740. The van der Waals surface area contributed by atoms with Crippen molar-refractivity contribution in [1.29, 1.82) is 0 Å². The summed E-state index contributed by atoms with van der Waals surface area (Å²) in [6.07, 6.45) is 0. The molecule has 0 unspecified atom stereocenters. The van der Waals surface area contributed by atoms with Crippen molar-refractivity contribution >= 4 is 0 Å². The van der Waals surface area contributed by atoms with E-state index in [0.717, 1.165) is 16.8 Å². The Kier molecular flexibility index (Phi) is 3.21. The molecular formula is C18H15NO. The summed E-state index contributed by atoms with van der Waals surface area (Å²) in [6, 6.07) is 21.5. The Morgan fingerprint density at radius 2 is 1.45 bits per heavy atom. The van der Waals surface area contributed by atoms with Crippen LogP contribution in [-0.4, -0.2) is 10.1 Å². The third-order valence-corrected chi connectivity index (χ3v) is 3.27. The zero-order chi connectivity index (χ0) is 13.9. The monoisotopic (exact) mass is 261 g/mol. The molecule has 0 fully saturated rings. The van der Waals surface area contributed by atoms with Crippen LogP contribution >= 0.6 is 0 Å². The van der Waals surface area contributed by atoms with Gasteiger partial charge in [0.1, 0.15) is 11.4 Å². The second-order valence-electron chi connectivity index (χ2n) is 4.80. The highest BCUT2D eigenvalue weighted by atomic mass is 16.3. The first-order chi connectivity index (χ1) is 9.74. The molecule has 0 bridgehead atoms. The SMILES string of the molecule is Cc1ccc(-c2nc(-c3ccccc3)ccc2O)cc1. The largest absolute Gasteiger partial charge is 0.506 e. The van der Waals surface area contributed by atoms with E-state index in [1.54, 1.807) is 6.07 Å². The lowest BCUT2D eigenvalue weighted by molar-refractivity contribution is 0.475. The minimum Gasteiger partial charge on any atom is -0.506 e. The van der Waals surface area contributed by atoms with E-state index >= 15 is 0 Å². The average molecular weight is 261 g/mol. The van der Waals surface area contributed by atoms with Crippen molar-refractivity contribution in [3.05, 3.63) is 72.3 Å². The van der Waals surface area contributed by atoms with Crippen LogP contribution in [0.3, 0.4) is 0 Å². The first-order valence-corrected chi connectivity index (χ1v) is 6.56.